The Labute approximate surface area is 144 Å². The van der Waals surface area contributed by atoms with Crippen molar-refractivity contribution in [2.24, 2.45) is 0 Å². The third kappa shape index (κ3) is 3.56. The second-order valence-electron chi connectivity index (χ2n) is 5.90. The molecule has 6 nitrogen and oxygen atoms in total. The molecule has 0 aromatic carbocycles. The summed E-state index contributed by atoms with van der Waals surface area (Å²) in [7, 11) is 0. The maximum atomic E-state index is 12.3. The zero-order chi connectivity index (χ0) is 17.1. The zero-order valence-electron chi connectivity index (χ0n) is 13.6. The lowest BCUT2D eigenvalue weighted by Gasteiger charge is -2.10. The first kappa shape index (κ1) is 16.8. The molecule has 2 aliphatic rings. The van der Waals surface area contributed by atoms with Gasteiger partial charge in [-0.2, -0.15) is 0 Å². The lowest BCUT2D eigenvalue weighted by atomic mass is 10.2. The average molecular weight is 348 g/mol. The standard InChI is InChI=1S/C17H20N2O4S/c1-2-23-15(20)11-19-16(21)14(24-17(19)22)9-12-7-8-18(10-12)13-5-3-4-6-13/h7-10,13H,2-6,11H2,1H3/b14-9-. The van der Waals surface area contributed by atoms with Crippen LogP contribution in [-0.2, 0) is 14.3 Å². The number of aromatic nitrogens is 1. The van der Waals surface area contributed by atoms with Crippen LogP contribution in [0.1, 0.15) is 44.2 Å². The molecule has 1 saturated heterocycles. The number of thioether (sulfide) groups is 1. The molecule has 0 radical (unpaired) electrons. The SMILES string of the molecule is CCOC(=O)CN1C(=O)S/C(=C\c2ccn(C3CCCC3)c2)C1=O. The van der Waals surface area contributed by atoms with Gasteiger partial charge in [-0.05, 0) is 49.2 Å². The lowest BCUT2D eigenvalue weighted by molar-refractivity contribution is -0.145. The van der Waals surface area contributed by atoms with Crippen molar-refractivity contribution < 1.29 is 19.1 Å². The van der Waals surface area contributed by atoms with Crippen LogP contribution in [-0.4, -0.2) is 39.7 Å². The number of rotatable bonds is 5. The largest absolute Gasteiger partial charge is 0.465 e. The van der Waals surface area contributed by atoms with Gasteiger partial charge in [-0.25, -0.2) is 0 Å². The van der Waals surface area contributed by atoms with Crippen molar-refractivity contribution in [3.63, 3.8) is 0 Å². The Balaban J connectivity index is 1.70. The van der Waals surface area contributed by atoms with E-state index < -0.39 is 17.1 Å². The number of carbonyl (C=O) groups excluding carboxylic acids is 3. The number of imide groups is 1. The van der Waals surface area contributed by atoms with Crippen LogP contribution in [0.15, 0.2) is 23.4 Å². The van der Waals surface area contributed by atoms with Gasteiger partial charge in [0, 0.05) is 18.4 Å². The summed E-state index contributed by atoms with van der Waals surface area (Å²) in [6, 6.07) is 2.48. The minimum atomic E-state index is -0.576. The number of carbonyl (C=O) groups is 3. The van der Waals surface area contributed by atoms with Crippen molar-refractivity contribution in [2.75, 3.05) is 13.2 Å². The fourth-order valence-corrected chi connectivity index (χ4v) is 3.91. The van der Waals surface area contributed by atoms with Gasteiger partial charge in [0.2, 0.25) is 0 Å². The van der Waals surface area contributed by atoms with Gasteiger partial charge in [-0.3, -0.25) is 19.3 Å². The Morgan fingerprint density at radius 3 is 2.83 bits per heavy atom. The maximum absolute atomic E-state index is 12.3. The summed E-state index contributed by atoms with van der Waals surface area (Å²) >= 11 is 0.860. The Bertz CT molecular complexity index is 689. The Morgan fingerprint density at radius 1 is 1.38 bits per heavy atom. The highest BCUT2D eigenvalue weighted by Crippen LogP contribution is 2.33. The summed E-state index contributed by atoms with van der Waals surface area (Å²) in [6.45, 7) is 1.57. The molecule has 1 aromatic rings. The molecule has 2 heterocycles. The number of hydrogen-bond acceptors (Lipinski definition) is 5. The molecular formula is C17H20N2O4S. The molecule has 2 fully saturated rings. The van der Waals surface area contributed by atoms with E-state index in [1.54, 1.807) is 13.0 Å². The maximum Gasteiger partial charge on any atom is 0.326 e. The minimum absolute atomic E-state index is 0.222. The summed E-state index contributed by atoms with van der Waals surface area (Å²) in [6.07, 6.45) is 10.6. The van der Waals surface area contributed by atoms with Crippen LogP contribution >= 0.6 is 11.8 Å². The predicted molar refractivity (Wildman–Crippen MR) is 91.2 cm³/mol. The van der Waals surface area contributed by atoms with Crippen LogP contribution in [0.3, 0.4) is 0 Å². The van der Waals surface area contributed by atoms with E-state index in [1.807, 2.05) is 18.5 Å². The minimum Gasteiger partial charge on any atom is -0.465 e. The molecule has 0 spiro atoms. The molecule has 128 valence electrons. The van der Waals surface area contributed by atoms with Gasteiger partial charge in [-0.1, -0.05) is 12.8 Å². The van der Waals surface area contributed by atoms with Crippen LogP contribution < -0.4 is 0 Å². The molecule has 1 aliphatic heterocycles. The molecule has 0 atom stereocenters. The highest BCUT2D eigenvalue weighted by Gasteiger charge is 2.36. The van der Waals surface area contributed by atoms with E-state index in [4.69, 9.17) is 4.74 Å². The smallest absolute Gasteiger partial charge is 0.326 e. The van der Waals surface area contributed by atoms with Gasteiger partial charge >= 0.3 is 5.97 Å². The Morgan fingerprint density at radius 2 is 2.12 bits per heavy atom. The molecule has 24 heavy (non-hydrogen) atoms. The normalized spacial score (nSPS) is 20.4. The van der Waals surface area contributed by atoms with E-state index in [2.05, 4.69) is 4.57 Å². The summed E-state index contributed by atoms with van der Waals surface area (Å²) in [5.41, 5.74) is 0.892. The molecule has 0 unspecified atom stereocenters. The third-order valence-corrected chi connectivity index (χ3v) is 5.15. The second kappa shape index (κ2) is 7.25. The molecule has 0 N–H and O–H groups in total. The Hall–Kier alpha value is -2.02. The second-order valence-corrected chi connectivity index (χ2v) is 6.90. The fourth-order valence-electron chi connectivity index (χ4n) is 3.07. The van der Waals surface area contributed by atoms with E-state index in [9.17, 15) is 14.4 Å². The molecule has 1 aliphatic carbocycles. The van der Waals surface area contributed by atoms with E-state index in [-0.39, 0.29) is 13.2 Å². The third-order valence-electron chi connectivity index (χ3n) is 4.25. The number of amides is 2. The van der Waals surface area contributed by atoms with E-state index >= 15 is 0 Å². The fraction of sp³-hybridized carbons (Fsp3) is 0.471. The average Bonchev–Trinajstić information content (AvgIpc) is 3.26. The molecule has 0 bridgehead atoms. The van der Waals surface area contributed by atoms with Gasteiger partial charge in [0.25, 0.3) is 11.1 Å². The van der Waals surface area contributed by atoms with Crippen LogP contribution in [0.2, 0.25) is 0 Å². The Kier molecular flexibility index (Phi) is 5.08. The van der Waals surface area contributed by atoms with Crippen LogP contribution in [0.4, 0.5) is 4.79 Å². The first-order valence-corrected chi connectivity index (χ1v) is 8.98. The first-order chi connectivity index (χ1) is 11.6. The van der Waals surface area contributed by atoms with Gasteiger partial charge in [-0.15, -0.1) is 0 Å². The number of nitrogens with zero attached hydrogens (tertiary/aromatic N) is 2. The summed E-state index contributed by atoms with van der Waals surface area (Å²) in [4.78, 5) is 37.1. The monoisotopic (exact) mass is 348 g/mol. The quantitative estimate of drug-likeness (QED) is 0.604. The molecule has 1 saturated carbocycles. The van der Waals surface area contributed by atoms with Crippen molar-refractivity contribution in [3.8, 4) is 0 Å². The highest BCUT2D eigenvalue weighted by molar-refractivity contribution is 8.18. The summed E-state index contributed by atoms with van der Waals surface area (Å²) in [5.74, 6) is -1.01. The molecule has 2 amide bonds. The van der Waals surface area contributed by atoms with Crippen LogP contribution in [0.5, 0.6) is 0 Å². The lowest BCUT2D eigenvalue weighted by Crippen LogP contribution is -2.34. The van der Waals surface area contributed by atoms with E-state index in [1.165, 1.54) is 25.7 Å². The molecular weight excluding hydrogens is 328 g/mol. The van der Waals surface area contributed by atoms with Gasteiger partial charge < -0.3 is 9.30 Å². The summed E-state index contributed by atoms with van der Waals surface area (Å²) < 4.78 is 6.98. The van der Waals surface area contributed by atoms with Crippen molar-refractivity contribution >= 4 is 35.0 Å². The van der Waals surface area contributed by atoms with Gasteiger partial charge in [0.1, 0.15) is 6.54 Å². The molecule has 1 aromatic heterocycles. The number of hydrogen-bond donors (Lipinski definition) is 0. The van der Waals surface area contributed by atoms with E-state index in [0.29, 0.717) is 10.9 Å². The van der Waals surface area contributed by atoms with Crippen LogP contribution in [0, 0.1) is 0 Å². The van der Waals surface area contributed by atoms with Crippen molar-refractivity contribution in [3.05, 3.63) is 28.9 Å². The van der Waals surface area contributed by atoms with Gasteiger partial charge in [0.05, 0.1) is 11.5 Å². The van der Waals surface area contributed by atoms with Gasteiger partial charge in [0.15, 0.2) is 0 Å². The summed E-state index contributed by atoms with van der Waals surface area (Å²) in [5, 5.41) is -0.436. The van der Waals surface area contributed by atoms with Crippen molar-refractivity contribution in [2.45, 2.75) is 38.6 Å². The highest BCUT2D eigenvalue weighted by atomic mass is 32.2. The topological polar surface area (TPSA) is 68.6 Å². The predicted octanol–water partition coefficient (Wildman–Crippen LogP) is 3.20. The van der Waals surface area contributed by atoms with Crippen molar-refractivity contribution in [1.29, 1.82) is 0 Å². The first-order valence-electron chi connectivity index (χ1n) is 8.17. The number of ether oxygens (including phenoxy) is 1. The number of esters is 1. The van der Waals surface area contributed by atoms with Crippen molar-refractivity contribution in [1.82, 2.24) is 9.47 Å². The molecule has 7 heteroatoms. The zero-order valence-corrected chi connectivity index (χ0v) is 14.4. The molecule has 3 rings (SSSR count). The van der Waals surface area contributed by atoms with Crippen LogP contribution in [0.25, 0.3) is 6.08 Å². The van der Waals surface area contributed by atoms with E-state index in [0.717, 1.165) is 22.2 Å².